The van der Waals surface area contributed by atoms with E-state index >= 15 is 0 Å². The highest BCUT2D eigenvalue weighted by Crippen LogP contribution is 2.17. The third-order valence-electron chi connectivity index (χ3n) is 1.32. The summed E-state index contributed by atoms with van der Waals surface area (Å²) in [5, 5.41) is 0.434. The Morgan fingerprint density at radius 2 is 2.00 bits per heavy atom. The third kappa shape index (κ3) is 1.65. The van der Waals surface area contributed by atoms with E-state index in [0.29, 0.717) is 5.25 Å². The van der Waals surface area contributed by atoms with Gasteiger partial charge in [-0.15, -0.1) is 0 Å². The first kappa shape index (κ1) is 6.39. The predicted molar refractivity (Wildman–Crippen MR) is 34.1 cm³/mol. The largest absolute Gasteiger partial charge is 0.381 e. The molecule has 1 saturated heterocycles. The Morgan fingerprint density at radius 1 is 1.38 bits per heavy atom. The molecule has 0 saturated carbocycles. The summed E-state index contributed by atoms with van der Waals surface area (Å²) in [6.07, 6.45) is 2.00. The smallest absolute Gasteiger partial charge is 0.0477 e. The Labute approximate surface area is 53.4 Å². The Kier molecular flexibility index (Phi) is 2.66. The number of rotatable bonds is 1. The molecular weight excluding hydrogens is 124 g/mol. The maximum Gasteiger partial charge on any atom is 0.0477 e. The van der Waals surface area contributed by atoms with Crippen LogP contribution < -0.4 is 0 Å². The Morgan fingerprint density at radius 3 is 2.38 bits per heavy atom. The van der Waals surface area contributed by atoms with Gasteiger partial charge in [0.15, 0.2) is 0 Å². The van der Waals surface area contributed by atoms with Gasteiger partial charge >= 0.3 is 0 Å². The molecule has 0 aromatic rings. The predicted octanol–water partition coefficient (Wildman–Crippen LogP) is 1.37. The zero-order valence-electron chi connectivity index (χ0n) is 4.67. The molecule has 1 fully saturated rings. The molecular formula is C5H10O2S. The van der Waals surface area contributed by atoms with Crippen molar-refractivity contribution in [3.8, 4) is 0 Å². The lowest BCUT2D eigenvalue weighted by Crippen LogP contribution is -2.16. The van der Waals surface area contributed by atoms with Gasteiger partial charge in [0.1, 0.15) is 0 Å². The molecule has 8 heavy (non-hydrogen) atoms. The molecule has 2 nitrogen and oxygen atoms in total. The lowest BCUT2D eigenvalue weighted by molar-refractivity contribution is 0.0992. The molecule has 1 rings (SSSR count). The molecule has 1 heterocycles. The summed E-state index contributed by atoms with van der Waals surface area (Å²) in [5.74, 6) is 0. The van der Waals surface area contributed by atoms with Crippen molar-refractivity contribution in [3.05, 3.63) is 0 Å². The lowest BCUT2D eigenvalue weighted by Gasteiger charge is -2.17. The van der Waals surface area contributed by atoms with Gasteiger partial charge in [-0.3, -0.25) is 0 Å². The topological polar surface area (TPSA) is 29.5 Å². The zero-order chi connectivity index (χ0) is 5.82. The van der Waals surface area contributed by atoms with E-state index in [9.17, 15) is 0 Å². The van der Waals surface area contributed by atoms with Gasteiger partial charge in [-0.25, -0.2) is 0 Å². The van der Waals surface area contributed by atoms with Crippen LogP contribution in [-0.4, -0.2) is 23.0 Å². The minimum absolute atomic E-state index is 0.434. The van der Waals surface area contributed by atoms with Gasteiger partial charge in [-0.05, 0) is 24.9 Å². The first-order valence-electron chi connectivity index (χ1n) is 2.81. The molecule has 1 aliphatic rings. The van der Waals surface area contributed by atoms with Crippen molar-refractivity contribution in [2.75, 3.05) is 13.2 Å². The van der Waals surface area contributed by atoms with E-state index in [1.165, 1.54) is 0 Å². The molecule has 0 aliphatic carbocycles. The van der Waals surface area contributed by atoms with Crippen LogP contribution in [0, 0.1) is 0 Å². The van der Waals surface area contributed by atoms with Crippen molar-refractivity contribution in [2.45, 2.75) is 18.1 Å². The van der Waals surface area contributed by atoms with E-state index in [1.807, 2.05) is 0 Å². The zero-order valence-corrected chi connectivity index (χ0v) is 5.49. The van der Waals surface area contributed by atoms with Gasteiger partial charge in [0.25, 0.3) is 0 Å². The molecule has 0 spiro atoms. The average molecular weight is 134 g/mol. The fourth-order valence-electron chi connectivity index (χ4n) is 0.781. The van der Waals surface area contributed by atoms with Crippen molar-refractivity contribution in [2.24, 2.45) is 0 Å². The van der Waals surface area contributed by atoms with E-state index in [-0.39, 0.29) is 0 Å². The highest BCUT2D eigenvalue weighted by atomic mass is 32.2. The van der Waals surface area contributed by atoms with E-state index in [1.54, 1.807) is 0 Å². The van der Waals surface area contributed by atoms with Gasteiger partial charge in [0.05, 0.1) is 0 Å². The van der Waals surface area contributed by atoms with Crippen molar-refractivity contribution in [1.29, 1.82) is 0 Å². The normalized spacial score (nSPS) is 23.6. The fourth-order valence-corrected chi connectivity index (χ4v) is 1.18. The third-order valence-corrected chi connectivity index (χ3v) is 2.09. The summed E-state index contributed by atoms with van der Waals surface area (Å²) in [6.45, 7) is 1.64. The summed E-state index contributed by atoms with van der Waals surface area (Å²) >= 11 is 0.966. The van der Waals surface area contributed by atoms with Gasteiger partial charge in [-0.2, -0.15) is 0 Å². The number of ether oxygens (including phenoxy) is 1. The summed E-state index contributed by atoms with van der Waals surface area (Å²) in [4.78, 5) is 0. The van der Waals surface area contributed by atoms with Crippen LogP contribution in [0.2, 0.25) is 0 Å². The Bertz CT molecular complexity index is 61.4. The van der Waals surface area contributed by atoms with Crippen molar-refractivity contribution >= 4 is 12.0 Å². The first-order chi connectivity index (χ1) is 3.93. The number of hydrogen-bond acceptors (Lipinski definition) is 3. The van der Waals surface area contributed by atoms with Crippen molar-refractivity contribution in [3.63, 3.8) is 0 Å². The standard InChI is InChI=1S/C5H10O2S/c6-8-5-1-3-7-4-2-5/h5-6H,1-4H2. The monoisotopic (exact) mass is 134 g/mol. The molecule has 0 amide bonds. The molecule has 48 valence electrons. The molecule has 0 unspecified atom stereocenters. The highest BCUT2D eigenvalue weighted by Gasteiger charge is 2.12. The van der Waals surface area contributed by atoms with Crippen LogP contribution in [0.15, 0.2) is 0 Å². The minimum atomic E-state index is 0.434. The second-order valence-electron chi connectivity index (χ2n) is 1.92. The van der Waals surface area contributed by atoms with Crippen LogP contribution in [0.1, 0.15) is 12.8 Å². The van der Waals surface area contributed by atoms with Crippen LogP contribution >= 0.6 is 12.0 Å². The van der Waals surface area contributed by atoms with Gasteiger partial charge in [0, 0.05) is 18.5 Å². The molecule has 1 aliphatic heterocycles. The van der Waals surface area contributed by atoms with E-state index in [0.717, 1.165) is 38.1 Å². The fraction of sp³-hybridized carbons (Fsp3) is 1.00. The van der Waals surface area contributed by atoms with Crippen LogP contribution in [0.25, 0.3) is 0 Å². The van der Waals surface area contributed by atoms with Crippen LogP contribution in [-0.2, 0) is 4.74 Å². The summed E-state index contributed by atoms with van der Waals surface area (Å²) in [7, 11) is 0. The van der Waals surface area contributed by atoms with E-state index in [2.05, 4.69) is 0 Å². The van der Waals surface area contributed by atoms with Crippen LogP contribution in [0.5, 0.6) is 0 Å². The van der Waals surface area contributed by atoms with Crippen molar-refractivity contribution < 1.29 is 9.29 Å². The molecule has 1 N–H and O–H groups in total. The molecule has 3 heteroatoms. The summed E-state index contributed by atoms with van der Waals surface area (Å²) in [6, 6.07) is 0. The summed E-state index contributed by atoms with van der Waals surface area (Å²) < 4.78 is 13.6. The SMILES string of the molecule is OSC1CCOCC1. The Hall–Kier alpha value is 0.270. The maximum absolute atomic E-state index is 8.55. The summed E-state index contributed by atoms with van der Waals surface area (Å²) in [5.41, 5.74) is 0. The molecule has 0 bridgehead atoms. The van der Waals surface area contributed by atoms with Crippen LogP contribution in [0.3, 0.4) is 0 Å². The van der Waals surface area contributed by atoms with Crippen LogP contribution in [0.4, 0.5) is 0 Å². The Balaban J connectivity index is 2.13. The van der Waals surface area contributed by atoms with Crippen molar-refractivity contribution in [1.82, 2.24) is 0 Å². The molecule has 0 aromatic carbocycles. The van der Waals surface area contributed by atoms with E-state index in [4.69, 9.17) is 9.29 Å². The average Bonchev–Trinajstić information content (AvgIpc) is 1.90. The van der Waals surface area contributed by atoms with Gasteiger partial charge in [-0.1, -0.05) is 0 Å². The second kappa shape index (κ2) is 3.33. The van der Waals surface area contributed by atoms with Gasteiger partial charge < -0.3 is 9.29 Å². The van der Waals surface area contributed by atoms with Gasteiger partial charge in [0.2, 0.25) is 0 Å². The highest BCUT2D eigenvalue weighted by molar-refractivity contribution is 7.94. The van der Waals surface area contributed by atoms with E-state index < -0.39 is 0 Å². The lowest BCUT2D eigenvalue weighted by atomic mass is 10.2. The minimum Gasteiger partial charge on any atom is -0.381 e. The quantitative estimate of drug-likeness (QED) is 0.549. The second-order valence-corrected chi connectivity index (χ2v) is 2.79. The molecule has 0 radical (unpaired) electrons. The molecule has 0 aromatic heterocycles. The first-order valence-corrected chi connectivity index (χ1v) is 3.65. The maximum atomic E-state index is 8.55. The number of hydrogen-bond donors (Lipinski definition) is 1. The molecule has 0 atom stereocenters.